The number of nitrogens with one attached hydrogen (secondary N) is 1. The molecule has 1 aliphatic heterocycles. The molecule has 1 heterocycles. The van der Waals surface area contributed by atoms with E-state index in [2.05, 4.69) is 35.1 Å². The van der Waals surface area contributed by atoms with Gasteiger partial charge < -0.3 is 10.1 Å². The molecule has 1 N–H and O–H groups in total. The molecule has 100 valence electrons. The van der Waals surface area contributed by atoms with Crippen molar-refractivity contribution < 1.29 is 9.13 Å². The summed E-state index contributed by atoms with van der Waals surface area (Å²) in [5.41, 5.74) is 0.689. The van der Waals surface area contributed by atoms with Crippen LogP contribution >= 0.6 is 15.9 Å². The maximum absolute atomic E-state index is 13.9. The van der Waals surface area contributed by atoms with Gasteiger partial charge in [-0.05, 0) is 25.0 Å². The highest BCUT2D eigenvalue weighted by Gasteiger charge is 2.33. The average Bonchev–Trinajstić information content (AvgIpc) is 2.39. The van der Waals surface area contributed by atoms with Gasteiger partial charge in [-0.25, -0.2) is 4.39 Å². The third-order valence-corrected chi connectivity index (χ3v) is 4.38. The van der Waals surface area contributed by atoms with Crippen molar-refractivity contribution in [3.8, 4) is 0 Å². The second kappa shape index (κ2) is 5.68. The van der Waals surface area contributed by atoms with Crippen molar-refractivity contribution >= 4 is 15.9 Å². The number of hydrogen-bond donors (Lipinski definition) is 1. The first-order chi connectivity index (χ1) is 8.60. The summed E-state index contributed by atoms with van der Waals surface area (Å²) in [7, 11) is 0. The smallest absolute Gasteiger partial charge is 0.130 e. The Morgan fingerprint density at radius 3 is 2.67 bits per heavy atom. The van der Waals surface area contributed by atoms with E-state index in [1.807, 2.05) is 6.07 Å². The van der Waals surface area contributed by atoms with Crippen LogP contribution in [0.2, 0.25) is 0 Å². The maximum Gasteiger partial charge on any atom is 0.130 e. The fourth-order valence-electron chi connectivity index (χ4n) is 2.35. The van der Waals surface area contributed by atoms with Crippen LogP contribution < -0.4 is 5.32 Å². The Morgan fingerprint density at radius 2 is 2.17 bits per heavy atom. The molecule has 1 aliphatic rings. The topological polar surface area (TPSA) is 21.3 Å². The van der Waals surface area contributed by atoms with Crippen LogP contribution in [-0.2, 0) is 4.74 Å². The molecule has 4 heteroatoms. The van der Waals surface area contributed by atoms with E-state index in [1.165, 1.54) is 6.07 Å². The van der Waals surface area contributed by atoms with Gasteiger partial charge >= 0.3 is 0 Å². The second-order valence-electron chi connectivity index (χ2n) is 4.83. The molecule has 18 heavy (non-hydrogen) atoms. The summed E-state index contributed by atoms with van der Waals surface area (Å²) in [5, 5.41) is 3.52. The molecule has 2 nitrogen and oxygen atoms in total. The van der Waals surface area contributed by atoms with E-state index in [1.54, 1.807) is 6.07 Å². The molecule has 0 aromatic heterocycles. The first-order valence-electron chi connectivity index (χ1n) is 6.42. The Balaban J connectivity index is 2.10. The summed E-state index contributed by atoms with van der Waals surface area (Å²) >= 11 is 3.26. The van der Waals surface area contributed by atoms with Gasteiger partial charge in [-0.3, -0.25) is 0 Å². The lowest BCUT2D eigenvalue weighted by molar-refractivity contribution is -0.0388. The third-order valence-electron chi connectivity index (χ3n) is 3.89. The highest BCUT2D eigenvalue weighted by Crippen LogP contribution is 2.29. The fourth-order valence-corrected chi connectivity index (χ4v) is 2.68. The largest absolute Gasteiger partial charge is 0.370 e. The Labute approximate surface area is 116 Å². The van der Waals surface area contributed by atoms with E-state index in [0.717, 1.165) is 17.3 Å². The van der Waals surface area contributed by atoms with Crippen molar-refractivity contribution in [2.24, 2.45) is 0 Å². The zero-order valence-corrected chi connectivity index (χ0v) is 12.4. The van der Waals surface area contributed by atoms with Crippen LogP contribution in [0.4, 0.5) is 4.39 Å². The number of rotatable bonds is 3. The van der Waals surface area contributed by atoms with Crippen LogP contribution in [0, 0.1) is 5.82 Å². The number of halogens is 2. The highest BCUT2D eigenvalue weighted by molar-refractivity contribution is 9.10. The van der Waals surface area contributed by atoms with Gasteiger partial charge in [0, 0.05) is 22.1 Å². The minimum absolute atomic E-state index is 0.0579. The molecule has 0 saturated carbocycles. The normalized spacial score (nSPS) is 23.0. The molecule has 0 bridgehead atoms. The van der Waals surface area contributed by atoms with Crippen LogP contribution in [0.25, 0.3) is 0 Å². The molecule has 1 saturated heterocycles. The van der Waals surface area contributed by atoms with Gasteiger partial charge in [-0.2, -0.15) is 0 Å². The van der Waals surface area contributed by atoms with Gasteiger partial charge in [-0.1, -0.05) is 35.8 Å². The zero-order chi connectivity index (χ0) is 13.2. The number of ether oxygens (including phenoxy) is 1. The van der Waals surface area contributed by atoms with Crippen LogP contribution in [0.1, 0.15) is 38.4 Å². The predicted molar refractivity (Wildman–Crippen MR) is 74.1 cm³/mol. The summed E-state index contributed by atoms with van der Waals surface area (Å²) in [6.45, 7) is 5.61. The Morgan fingerprint density at radius 1 is 1.44 bits per heavy atom. The van der Waals surface area contributed by atoms with E-state index in [-0.39, 0.29) is 17.5 Å². The highest BCUT2D eigenvalue weighted by atomic mass is 79.9. The molecule has 0 radical (unpaired) electrons. The minimum Gasteiger partial charge on any atom is -0.370 e. The lowest BCUT2D eigenvalue weighted by atomic mass is 9.91. The van der Waals surface area contributed by atoms with Gasteiger partial charge in [0.05, 0.1) is 12.7 Å². The molecule has 0 aliphatic carbocycles. The first-order valence-corrected chi connectivity index (χ1v) is 7.21. The van der Waals surface area contributed by atoms with Crippen LogP contribution in [-0.4, -0.2) is 18.7 Å². The van der Waals surface area contributed by atoms with Gasteiger partial charge in [0.15, 0.2) is 0 Å². The van der Waals surface area contributed by atoms with Crippen LogP contribution in [0.5, 0.6) is 0 Å². The lowest BCUT2D eigenvalue weighted by Crippen LogP contribution is -2.54. The van der Waals surface area contributed by atoms with Gasteiger partial charge in [0.25, 0.3) is 0 Å². The van der Waals surface area contributed by atoms with Crippen LogP contribution in [0.15, 0.2) is 22.7 Å². The molecule has 2 rings (SSSR count). The Hall–Kier alpha value is -0.450. The summed E-state index contributed by atoms with van der Waals surface area (Å²) < 4.78 is 20.5. The monoisotopic (exact) mass is 315 g/mol. The molecule has 0 amide bonds. The molecular weight excluding hydrogens is 297 g/mol. The predicted octanol–water partition coefficient (Wildman–Crippen LogP) is 3.81. The van der Waals surface area contributed by atoms with E-state index in [0.29, 0.717) is 18.7 Å². The summed E-state index contributed by atoms with van der Waals surface area (Å²) in [5.74, 6) is -0.211. The van der Waals surface area contributed by atoms with E-state index in [9.17, 15) is 4.39 Å². The van der Waals surface area contributed by atoms with Crippen molar-refractivity contribution in [2.75, 3.05) is 13.2 Å². The lowest BCUT2D eigenvalue weighted by Gasteiger charge is -2.40. The standard InChI is InChI=1S/C14H19BrFNO/c1-3-14(4-2)9-18-13(8-17-14)11-6-5-10(15)7-12(11)16/h5-7,13,17H,3-4,8-9H2,1-2H3. The molecule has 1 aromatic carbocycles. The Kier molecular flexibility index (Phi) is 4.41. The number of benzene rings is 1. The second-order valence-corrected chi connectivity index (χ2v) is 5.75. The van der Waals surface area contributed by atoms with Crippen molar-refractivity contribution in [1.29, 1.82) is 0 Å². The molecular formula is C14H19BrFNO. The molecule has 1 fully saturated rings. The van der Waals surface area contributed by atoms with Crippen molar-refractivity contribution in [3.63, 3.8) is 0 Å². The van der Waals surface area contributed by atoms with Crippen molar-refractivity contribution in [3.05, 3.63) is 34.1 Å². The fraction of sp³-hybridized carbons (Fsp3) is 0.571. The van der Waals surface area contributed by atoms with E-state index >= 15 is 0 Å². The van der Waals surface area contributed by atoms with Crippen LogP contribution in [0.3, 0.4) is 0 Å². The summed E-state index contributed by atoms with van der Waals surface area (Å²) in [4.78, 5) is 0. The zero-order valence-electron chi connectivity index (χ0n) is 10.8. The summed E-state index contributed by atoms with van der Waals surface area (Å²) in [6.07, 6.45) is 1.86. The first kappa shape index (κ1) is 14.0. The van der Waals surface area contributed by atoms with Crippen molar-refractivity contribution in [2.45, 2.75) is 38.3 Å². The van der Waals surface area contributed by atoms with E-state index < -0.39 is 0 Å². The SMILES string of the molecule is CCC1(CC)COC(c2ccc(Br)cc2F)CN1. The molecule has 1 unspecified atom stereocenters. The summed E-state index contributed by atoms with van der Waals surface area (Å²) in [6, 6.07) is 5.13. The van der Waals surface area contributed by atoms with Crippen molar-refractivity contribution in [1.82, 2.24) is 5.32 Å². The van der Waals surface area contributed by atoms with Gasteiger partial charge in [0.2, 0.25) is 0 Å². The average molecular weight is 316 g/mol. The molecule has 1 aromatic rings. The minimum atomic E-state index is -0.211. The number of morpholine rings is 1. The van der Waals surface area contributed by atoms with Gasteiger partial charge in [0.1, 0.15) is 5.82 Å². The number of hydrogen-bond acceptors (Lipinski definition) is 2. The maximum atomic E-state index is 13.9. The Bertz CT molecular complexity index is 410. The third kappa shape index (κ3) is 2.76. The molecule has 1 atom stereocenters. The molecule has 0 spiro atoms. The van der Waals surface area contributed by atoms with E-state index in [4.69, 9.17) is 4.74 Å². The van der Waals surface area contributed by atoms with Gasteiger partial charge in [-0.15, -0.1) is 0 Å². The quantitative estimate of drug-likeness (QED) is 0.916.